The largest absolute Gasteiger partial charge is 0.483 e. The van der Waals surface area contributed by atoms with Gasteiger partial charge in [-0.15, -0.1) is 0 Å². The van der Waals surface area contributed by atoms with Gasteiger partial charge in [0, 0.05) is 5.56 Å². The predicted molar refractivity (Wildman–Crippen MR) is 82.0 cm³/mol. The zero-order valence-electron chi connectivity index (χ0n) is 11.2. The van der Waals surface area contributed by atoms with Gasteiger partial charge in [-0.2, -0.15) is 0 Å². The van der Waals surface area contributed by atoms with Gasteiger partial charge in [0.25, 0.3) is 5.91 Å². The molecule has 20 heavy (non-hydrogen) atoms. The average Bonchev–Trinajstić information content (AvgIpc) is 2.67. The van der Waals surface area contributed by atoms with Crippen molar-refractivity contribution in [2.45, 2.75) is 19.4 Å². The lowest BCUT2D eigenvalue weighted by Gasteiger charge is -2.27. The van der Waals surface area contributed by atoms with E-state index < -0.39 is 0 Å². The van der Waals surface area contributed by atoms with Crippen molar-refractivity contribution in [2.24, 2.45) is 0 Å². The van der Waals surface area contributed by atoms with E-state index in [0.29, 0.717) is 10.8 Å². The highest BCUT2D eigenvalue weighted by molar-refractivity contribution is 7.80. The van der Waals surface area contributed by atoms with E-state index in [9.17, 15) is 4.79 Å². The molecule has 2 N–H and O–H groups in total. The smallest absolute Gasteiger partial charge is 0.273 e. The van der Waals surface area contributed by atoms with Crippen LogP contribution in [0.25, 0.3) is 12.2 Å². The summed E-state index contributed by atoms with van der Waals surface area (Å²) in [6.45, 7) is 4.02. The summed E-state index contributed by atoms with van der Waals surface area (Å²) < 4.78 is 5.86. The summed E-state index contributed by atoms with van der Waals surface area (Å²) in [5.74, 6) is 0.639. The third kappa shape index (κ3) is 2.44. The number of ether oxygens (including phenoxy) is 1. The molecule has 0 bridgehead atoms. The summed E-state index contributed by atoms with van der Waals surface area (Å²) in [6, 6.07) is 5.81. The van der Waals surface area contributed by atoms with E-state index in [1.165, 1.54) is 0 Å². The molecule has 3 rings (SSSR count). The molecule has 2 heterocycles. The Balaban J connectivity index is 1.93. The lowest BCUT2D eigenvalue weighted by Crippen LogP contribution is -2.27. The summed E-state index contributed by atoms with van der Waals surface area (Å²) in [7, 11) is 0. The number of hydrogen-bond donors (Lipinski definition) is 2. The van der Waals surface area contributed by atoms with E-state index >= 15 is 0 Å². The lowest BCUT2D eigenvalue weighted by molar-refractivity contribution is -0.115. The van der Waals surface area contributed by atoms with Crippen molar-refractivity contribution < 1.29 is 9.53 Å². The lowest BCUT2D eigenvalue weighted by atomic mass is 10.0. The van der Waals surface area contributed by atoms with Crippen molar-refractivity contribution >= 4 is 35.4 Å². The second-order valence-corrected chi connectivity index (χ2v) is 5.71. The first-order chi connectivity index (χ1) is 9.43. The van der Waals surface area contributed by atoms with Gasteiger partial charge in [-0.05, 0) is 55.9 Å². The van der Waals surface area contributed by atoms with Gasteiger partial charge in [0.05, 0.1) is 0 Å². The van der Waals surface area contributed by atoms with Crippen LogP contribution in [0.4, 0.5) is 0 Å². The van der Waals surface area contributed by atoms with Gasteiger partial charge >= 0.3 is 0 Å². The Morgan fingerprint density at radius 1 is 1.30 bits per heavy atom. The highest BCUT2D eigenvalue weighted by Crippen LogP contribution is 2.31. The normalized spacial score (nSPS) is 21.2. The molecule has 0 saturated carbocycles. The molecule has 1 amide bonds. The fourth-order valence-corrected chi connectivity index (χ4v) is 2.34. The number of carbonyl (C=O) groups is 1. The van der Waals surface area contributed by atoms with Crippen LogP contribution < -0.4 is 15.4 Å². The fraction of sp³-hybridized carbons (Fsp3) is 0.200. The number of hydrogen-bond acceptors (Lipinski definition) is 3. The van der Waals surface area contributed by atoms with Crippen LogP contribution in [0.5, 0.6) is 5.75 Å². The summed E-state index contributed by atoms with van der Waals surface area (Å²) >= 11 is 4.90. The third-order valence-corrected chi connectivity index (χ3v) is 3.31. The highest BCUT2D eigenvalue weighted by atomic mass is 32.1. The van der Waals surface area contributed by atoms with E-state index in [-0.39, 0.29) is 11.5 Å². The Labute approximate surface area is 122 Å². The minimum absolute atomic E-state index is 0.208. The van der Waals surface area contributed by atoms with Crippen LogP contribution >= 0.6 is 12.2 Å². The van der Waals surface area contributed by atoms with Gasteiger partial charge in [-0.25, -0.2) is 0 Å². The van der Waals surface area contributed by atoms with E-state index in [0.717, 1.165) is 16.9 Å². The first-order valence-electron chi connectivity index (χ1n) is 6.29. The molecule has 0 unspecified atom stereocenters. The predicted octanol–water partition coefficient (Wildman–Crippen LogP) is 2.22. The Morgan fingerprint density at radius 2 is 2.10 bits per heavy atom. The average molecular weight is 286 g/mol. The Hall–Kier alpha value is -2.14. The van der Waals surface area contributed by atoms with Gasteiger partial charge in [-0.3, -0.25) is 10.1 Å². The van der Waals surface area contributed by atoms with Crippen LogP contribution in [-0.4, -0.2) is 16.6 Å². The van der Waals surface area contributed by atoms with E-state index in [1.54, 1.807) is 6.08 Å². The summed E-state index contributed by atoms with van der Waals surface area (Å²) in [4.78, 5) is 11.6. The molecule has 2 aliphatic rings. The van der Waals surface area contributed by atoms with E-state index in [4.69, 9.17) is 17.0 Å². The first-order valence-corrected chi connectivity index (χ1v) is 6.70. The van der Waals surface area contributed by atoms with Gasteiger partial charge in [0.1, 0.15) is 17.0 Å². The number of nitrogens with one attached hydrogen (secondary N) is 2. The number of fused-ring (bicyclic) bond motifs is 1. The second-order valence-electron chi connectivity index (χ2n) is 5.30. The van der Waals surface area contributed by atoms with Crippen molar-refractivity contribution in [3.05, 3.63) is 41.1 Å². The second kappa shape index (κ2) is 4.45. The summed E-state index contributed by atoms with van der Waals surface area (Å²) in [6.07, 6.45) is 5.82. The maximum Gasteiger partial charge on any atom is 0.273 e. The number of rotatable bonds is 1. The van der Waals surface area contributed by atoms with Crippen molar-refractivity contribution in [2.75, 3.05) is 0 Å². The summed E-state index contributed by atoms with van der Waals surface area (Å²) in [5, 5.41) is 5.70. The van der Waals surface area contributed by atoms with Crippen LogP contribution in [0.2, 0.25) is 0 Å². The molecule has 0 atom stereocenters. The molecular weight excluding hydrogens is 272 g/mol. The maximum atomic E-state index is 11.6. The molecule has 1 saturated heterocycles. The zero-order valence-corrected chi connectivity index (χ0v) is 12.0. The minimum Gasteiger partial charge on any atom is -0.483 e. The van der Waals surface area contributed by atoms with Crippen LogP contribution in [-0.2, 0) is 4.79 Å². The molecule has 0 spiro atoms. The number of benzene rings is 1. The van der Waals surface area contributed by atoms with Crippen LogP contribution in [0, 0.1) is 0 Å². The zero-order chi connectivity index (χ0) is 14.3. The molecular formula is C15H14N2O2S. The van der Waals surface area contributed by atoms with Crippen LogP contribution in [0.3, 0.4) is 0 Å². The van der Waals surface area contributed by atoms with E-state index in [1.807, 2.05) is 44.2 Å². The van der Waals surface area contributed by atoms with Crippen molar-refractivity contribution in [3.63, 3.8) is 0 Å². The van der Waals surface area contributed by atoms with E-state index in [2.05, 4.69) is 10.6 Å². The molecule has 0 radical (unpaired) electrons. The fourth-order valence-electron chi connectivity index (χ4n) is 2.14. The molecule has 1 aromatic carbocycles. The maximum absolute atomic E-state index is 11.6. The summed E-state index contributed by atoms with van der Waals surface area (Å²) in [5.41, 5.74) is 2.08. The number of thiocarbonyl (C=S) groups is 1. The topological polar surface area (TPSA) is 50.4 Å². The molecule has 102 valence electrons. The third-order valence-electron chi connectivity index (χ3n) is 3.10. The minimum atomic E-state index is -0.286. The molecule has 0 aromatic heterocycles. The van der Waals surface area contributed by atoms with Crippen molar-refractivity contribution in [3.8, 4) is 5.75 Å². The first kappa shape index (κ1) is 12.9. The van der Waals surface area contributed by atoms with Crippen LogP contribution in [0.15, 0.2) is 30.0 Å². The molecule has 4 nitrogen and oxygen atoms in total. The number of amides is 1. The Bertz CT molecular complexity index is 674. The Morgan fingerprint density at radius 3 is 2.80 bits per heavy atom. The molecule has 2 aliphatic heterocycles. The van der Waals surface area contributed by atoms with Crippen molar-refractivity contribution in [1.82, 2.24) is 10.6 Å². The molecule has 5 heteroatoms. The van der Waals surface area contributed by atoms with Gasteiger partial charge < -0.3 is 10.1 Å². The van der Waals surface area contributed by atoms with Gasteiger partial charge in [0.15, 0.2) is 5.11 Å². The quantitative estimate of drug-likeness (QED) is 0.614. The molecule has 1 fully saturated rings. The molecule has 0 aliphatic carbocycles. The standard InChI is InChI=1S/C15H14N2O2S/c1-15(2)6-5-10-7-9(3-4-12(10)19-15)8-11-13(18)17-14(20)16-11/h3-8H,1-2H3,(H2,16,17,18,20)/b11-8-. The Kier molecular flexibility index (Phi) is 2.87. The number of carbonyl (C=O) groups excluding carboxylic acids is 1. The SMILES string of the molecule is CC1(C)C=Cc2cc(/C=C3\NC(=S)NC3=O)ccc2O1. The van der Waals surface area contributed by atoms with Gasteiger partial charge in [-0.1, -0.05) is 12.1 Å². The van der Waals surface area contributed by atoms with Gasteiger partial charge in [0.2, 0.25) is 0 Å². The van der Waals surface area contributed by atoms with Crippen molar-refractivity contribution in [1.29, 1.82) is 0 Å². The monoisotopic (exact) mass is 286 g/mol. The highest BCUT2D eigenvalue weighted by Gasteiger charge is 2.22. The molecule has 1 aromatic rings. The van der Waals surface area contributed by atoms with Crippen LogP contribution in [0.1, 0.15) is 25.0 Å².